The van der Waals surface area contributed by atoms with Gasteiger partial charge in [0.2, 0.25) is 0 Å². The smallest absolute Gasteiger partial charge is 0.416 e. The molecule has 26 heavy (non-hydrogen) atoms. The predicted molar refractivity (Wildman–Crippen MR) is 101 cm³/mol. The molecule has 1 aromatic carbocycles. The van der Waals surface area contributed by atoms with Gasteiger partial charge in [-0.05, 0) is 17.7 Å². The predicted octanol–water partition coefficient (Wildman–Crippen LogP) is 2.50. The Labute approximate surface area is 168 Å². The molecule has 0 amide bonds. The Bertz CT molecular complexity index is 539. The fourth-order valence-corrected chi connectivity index (χ4v) is 2.70. The summed E-state index contributed by atoms with van der Waals surface area (Å²) in [5, 5.41) is 9.09. The van der Waals surface area contributed by atoms with Gasteiger partial charge in [0.15, 0.2) is 0 Å². The number of rotatable bonds is 5. The number of alkyl halides is 3. The third kappa shape index (κ3) is 7.46. The molecule has 1 aromatic rings. The number of halogens is 6. The molecule has 0 bridgehead atoms. The van der Waals surface area contributed by atoms with Crippen molar-refractivity contribution in [3.05, 3.63) is 35.4 Å². The molecule has 1 fully saturated rings. The Morgan fingerprint density at radius 2 is 1.58 bits per heavy atom. The molecule has 1 saturated heterocycles. The second kappa shape index (κ2) is 11.8. The lowest BCUT2D eigenvalue weighted by molar-refractivity contribution is -0.143. The van der Waals surface area contributed by atoms with Gasteiger partial charge in [0.05, 0.1) is 5.56 Å². The van der Waals surface area contributed by atoms with Crippen molar-refractivity contribution in [2.45, 2.75) is 18.8 Å². The summed E-state index contributed by atoms with van der Waals surface area (Å²) in [5.41, 5.74) is 5.64. The summed E-state index contributed by atoms with van der Waals surface area (Å²) in [6, 6.07) is 4.45. The molecule has 11 heteroatoms. The Kier molecular flexibility index (Phi) is 12.5. The van der Waals surface area contributed by atoms with E-state index in [0.717, 1.165) is 17.7 Å². The second-order valence-electron chi connectivity index (χ2n) is 5.60. The molecule has 1 aliphatic rings. The molecule has 1 aliphatic heterocycles. The highest BCUT2D eigenvalue weighted by atomic mass is 35.5. The Morgan fingerprint density at radius 1 is 1.08 bits per heavy atom. The van der Waals surface area contributed by atoms with Crippen molar-refractivity contribution in [2.75, 3.05) is 32.7 Å². The minimum absolute atomic E-state index is 0. The molecule has 152 valence electrons. The quantitative estimate of drug-likeness (QED) is 0.736. The number of benzene rings is 1. The van der Waals surface area contributed by atoms with Gasteiger partial charge in [-0.25, -0.2) is 0 Å². The van der Waals surface area contributed by atoms with E-state index < -0.39 is 23.8 Å². The lowest BCUT2D eigenvalue weighted by Gasteiger charge is -2.37. The van der Waals surface area contributed by atoms with E-state index in [1.807, 2.05) is 4.90 Å². The summed E-state index contributed by atoms with van der Waals surface area (Å²) in [7, 11) is 0. The SMILES string of the molecule is Cl.Cl.Cl.NC[C@@H](C(=O)O)N1CCN(Cc2ccc(C(F)(F)F)cc2)CC1. The fourth-order valence-electron chi connectivity index (χ4n) is 2.70. The first-order chi connectivity index (χ1) is 10.8. The highest BCUT2D eigenvalue weighted by Gasteiger charge is 2.30. The molecule has 5 nitrogen and oxygen atoms in total. The van der Waals surface area contributed by atoms with Crippen molar-refractivity contribution < 1.29 is 23.1 Å². The van der Waals surface area contributed by atoms with Gasteiger partial charge in [0.25, 0.3) is 0 Å². The summed E-state index contributed by atoms with van der Waals surface area (Å²) >= 11 is 0. The van der Waals surface area contributed by atoms with Crippen molar-refractivity contribution in [3.8, 4) is 0 Å². The molecule has 0 spiro atoms. The molecule has 2 rings (SSSR count). The maximum absolute atomic E-state index is 12.5. The van der Waals surface area contributed by atoms with Gasteiger partial charge >= 0.3 is 12.1 Å². The van der Waals surface area contributed by atoms with Crippen LogP contribution in [-0.4, -0.2) is 59.6 Å². The number of carbonyl (C=O) groups is 1. The van der Waals surface area contributed by atoms with Crippen LogP contribution in [0.15, 0.2) is 24.3 Å². The molecule has 0 aliphatic carbocycles. The van der Waals surface area contributed by atoms with Gasteiger partial charge in [0.1, 0.15) is 6.04 Å². The molecule has 1 heterocycles. The molecule has 0 radical (unpaired) electrons. The number of aliphatic carboxylic acids is 1. The first kappa shape index (κ1) is 27.4. The van der Waals surface area contributed by atoms with E-state index in [1.54, 1.807) is 0 Å². The lowest BCUT2D eigenvalue weighted by atomic mass is 10.1. The third-order valence-corrected chi connectivity index (χ3v) is 4.04. The van der Waals surface area contributed by atoms with Gasteiger partial charge < -0.3 is 10.8 Å². The standard InChI is InChI=1S/C15H20F3N3O2.3ClH/c16-15(17,18)12-3-1-11(2-4-12)10-20-5-7-21(8-6-20)13(9-19)14(22)23;;;/h1-4,13H,5-10,19H2,(H,22,23);3*1H/t13-;;;/m0.../s1. The van der Waals surface area contributed by atoms with Crippen molar-refractivity contribution in [2.24, 2.45) is 5.73 Å². The minimum atomic E-state index is -4.32. The first-order valence-electron chi connectivity index (χ1n) is 7.36. The number of piperazine rings is 1. The van der Waals surface area contributed by atoms with E-state index in [0.29, 0.717) is 32.7 Å². The molecule has 0 aromatic heterocycles. The average molecular weight is 441 g/mol. The normalized spacial score (nSPS) is 16.6. The lowest BCUT2D eigenvalue weighted by Crippen LogP contribution is -2.54. The van der Waals surface area contributed by atoms with E-state index in [2.05, 4.69) is 4.90 Å². The maximum Gasteiger partial charge on any atom is 0.416 e. The summed E-state index contributed by atoms with van der Waals surface area (Å²) < 4.78 is 37.6. The van der Waals surface area contributed by atoms with Gasteiger partial charge in [-0.1, -0.05) is 12.1 Å². The fraction of sp³-hybridized carbons (Fsp3) is 0.533. The van der Waals surface area contributed by atoms with Crippen LogP contribution in [0.25, 0.3) is 0 Å². The largest absolute Gasteiger partial charge is 0.480 e. The van der Waals surface area contributed by atoms with Gasteiger partial charge in [0, 0.05) is 39.3 Å². The van der Waals surface area contributed by atoms with Crippen LogP contribution in [0.4, 0.5) is 13.2 Å². The number of hydrogen-bond donors (Lipinski definition) is 2. The highest BCUT2D eigenvalue weighted by molar-refractivity contribution is 5.86. The van der Waals surface area contributed by atoms with Crippen molar-refractivity contribution in [1.82, 2.24) is 9.80 Å². The van der Waals surface area contributed by atoms with Gasteiger partial charge in [-0.15, -0.1) is 37.2 Å². The van der Waals surface area contributed by atoms with Crippen molar-refractivity contribution in [3.63, 3.8) is 0 Å². The van der Waals surface area contributed by atoms with Gasteiger partial charge in [-0.3, -0.25) is 14.6 Å². The monoisotopic (exact) mass is 439 g/mol. The topological polar surface area (TPSA) is 69.8 Å². The van der Waals surface area contributed by atoms with E-state index in [9.17, 15) is 18.0 Å². The van der Waals surface area contributed by atoms with Crippen LogP contribution in [0.1, 0.15) is 11.1 Å². The average Bonchev–Trinajstić information content (AvgIpc) is 2.49. The first-order valence-corrected chi connectivity index (χ1v) is 7.36. The van der Waals surface area contributed by atoms with E-state index in [1.165, 1.54) is 12.1 Å². The summed E-state index contributed by atoms with van der Waals surface area (Å²) in [6.07, 6.45) is -4.32. The van der Waals surface area contributed by atoms with Crippen LogP contribution in [0.2, 0.25) is 0 Å². The van der Waals surface area contributed by atoms with Crippen LogP contribution >= 0.6 is 37.2 Å². The van der Waals surface area contributed by atoms with E-state index in [-0.39, 0.29) is 43.8 Å². The summed E-state index contributed by atoms with van der Waals surface area (Å²) in [4.78, 5) is 15.0. The maximum atomic E-state index is 12.5. The van der Waals surface area contributed by atoms with E-state index >= 15 is 0 Å². The van der Waals surface area contributed by atoms with Crippen LogP contribution in [0.5, 0.6) is 0 Å². The van der Waals surface area contributed by atoms with E-state index in [4.69, 9.17) is 10.8 Å². The number of hydrogen-bond acceptors (Lipinski definition) is 4. The third-order valence-electron chi connectivity index (χ3n) is 4.04. The minimum Gasteiger partial charge on any atom is -0.480 e. The van der Waals surface area contributed by atoms with Gasteiger partial charge in [-0.2, -0.15) is 13.2 Å². The van der Waals surface area contributed by atoms with Crippen molar-refractivity contribution in [1.29, 1.82) is 0 Å². The van der Waals surface area contributed by atoms with Crippen LogP contribution < -0.4 is 5.73 Å². The number of carboxylic acid groups (broad SMARTS) is 1. The highest BCUT2D eigenvalue weighted by Crippen LogP contribution is 2.29. The zero-order chi connectivity index (χ0) is 17.0. The Hall–Kier alpha value is -0.770. The molecular formula is C15H23Cl3F3N3O2. The summed E-state index contributed by atoms with van der Waals surface area (Å²) in [6.45, 7) is 3.08. The number of nitrogens with two attached hydrogens (primary N) is 1. The van der Waals surface area contributed by atoms with Crippen LogP contribution in [0, 0.1) is 0 Å². The van der Waals surface area contributed by atoms with Crippen LogP contribution in [0.3, 0.4) is 0 Å². The van der Waals surface area contributed by atoms with Crippen LogP contribution in [-0.2, 0) is 17.5 Å². The van der Waals surface area contributed by atoms with Crippen molar-refractivity contribution >= 4 is 43.2 Å². The Morgan fingerprint density at radius 3 is 1.96 bits per heavy atom. The summed E-state index contributed by atoms with van der Waals surface area (Å²) in [5.74, 6) is -0.927. The molecule has 3 N–H and O–H groups in total. The number of nitrogens with zero attached hydrogens (tertiary/aromatic N) is 2. The molecule has 0 saturated carbocycles. The molecule has 1 atom stereocenters. The molecule has 0 unspecified atom stereocenters. The zero-order valence-electron chi connectivity index (χ0n) is 13.8. The second-order valence-corrected chi connectivity index (χ2v) is 5.60. The number of carboxylic acids is 1. The Balaban J connectivity index is 0. The zero-order valence-corrected chi connectivity index (χ0v) is 16.3. The molecular weight excluding hydrogens is 418 g/mol.